The summed E-state index contributed by atoms with van der Waals surface area (Å²) in [6.45, 7) is 0. The summed E-state index contributed by atoms with van der Waals surface area (Å²) >= 11 is 0. The normalized spacial score (nSPS) is 14.8. The van der Waals surface area contributed by atoms with Gasteiger partial charge in [0, 0.05) is 5.56 Å². The molecule has 0 saturated heterocycles. The molecule has 0 amide bonds. The number of nitrogens with zero attached hydrogens (tertiary/aromatic N) is 1. The molecule has 0 aliphatic carbocycles. The van der Waals surface area contributed by atoms with Crippen molar-refractivity contribution in [2.75, 3.05) is 0 Å². The van der Waals surface area contributed by atoms with Crippen LogP contribution in [0.1, 0.15) is 11.1 Å². The van der Waals surface area contributed by atoms with Gasteiger partial charge in [0.25, 0.3) is 0 Å². The first-order valence-corrected chi connectivity index (χ1v) is 9.58. The molecular formula is C21H8F17N. The van der Waals surface area contributed by atoms with Crippen LogP contribution in [0.3, 0.4) is 0 Å². The first kappa shape index (κ1) is 32.0. The van der Waals surface area contributed by atoms with E-state index in [0.717, 1.165) is 6.07 Å². The van der Waals surface area contributed by atoms with Crippen molar-refractivity contribution < 1.29 is 74.6 Å². The number of hydrogen-bond acceptors (Lipinski definition) is 1. The van der Waals surface area contributed by atoms with Crippen LogP contribution in [0.2, 0.25) is 0 Å². The molecule has 39 heavy (non-hydrogen) atoms. The Morgan fingerprint density at radius 1 is 0.462 bits per heavy atom. The van der Waals surface area contributed by atoms with E-state index in [1.807, 2.05) is 0 Å². The number of rotatable bonds is 8. The predicted molar refractivity (Wildman–Crippen MR) is 96.2 cm³/mol. The molecule has 0 saturated carbocycles. The third-order valence-electron chi connectivity index (χ3n) is 5.29. The van der Waals surface area contributed by atoms with E-state index in [0.29, 0.717) is 12.1 Å². The lowest BCUT2D eigenvalue weighted by molar-refractivity contribution is -0.462. The summed E-state index contributed by atoms with van der Waals surface area (Å²) in [5, 5.41) is 8.82. The van der Waals surface area contributed by atoms with Gasteiger partial charge in [-0.15, -0.1) is 0 Å². The zero-order valence-electron chi connectivity index (χ0n) is 18.0. The van der Waals surface area contributed by atoms with Crippen molar-refractivity contribution in [2.24, 2.45) is 0 Å². The van der Waals surface area contributed by atoms with Gasteiger partial charge in [-0.05, 0) is 23.3 Å². The lowest BCUT2D eigenvalue weighted by atomic mass is 9.87. The van der Waals surface area contributed by atoms with Crippen LogP contribution in [0.15, 0.2) is 48.5 Å². The minimum absolute atomic E-state index is 0.0101. The Morgan fingerprint density at radius 2 is 0.872 bits per heavy atom. The van der Waals surface area contributed by atoms with Crippen LogP contribution in [-0.2, 0) is 5.92 Å². The van der Waals surface area contributed by atoms with Crippen molar-refractivity contribution in [2.45, 2.75) is 47.6 Å². The average molecular weight is 597 g/mol. The minimum atomic E-state index is -8.67. The van der Waals surface area contributed by atoms with E-state index in [2.05, 4.69) is 0 Å². The number of benzene rings is 2. The molecule has 18 heteroatoms. The van der Waals surface area contributed by atoms with Gasteiger partial charge in [0.15, 0.2) is 0 Å². The van der Waals surface area contributed by atoms with Gasteiger partial charge in [-0.3, -0.25) is 0 Å². The van der Waals surface area contributed by atoms with Gasteiger partial charge in [-0.25, -0.2) is 0 Å². The largest absolute Gasteiger partial charge is 0.460 e. The van der Waals surface area contributed by atoms with Gasteiger partial charge in [-0.1, -0.05) is 36.4 Å². The van der Waals surface area contributed by atoms with Crippen LogP contribution in [0.25, 0.3) is 11.1 Å². The molecule has 0 N–H and O–H groups in total. The number of nitriles is 1. The van der Waals surface area contributed by atoms with Crippen LogP contribution >= 0.6 is 0 Å². The molecule has 0 aromatic heterocycles. The Hall–Kier alpha value is -3.26. The van der Waals surface area contributed by atoms with Crippen molar-refractivity contribution in [1.82, 2.24) is 0 Å². The van der Waals surface area contributed by atoms with Gasteiger partial charge in [-0.2, -0.15) is 79.9 Å². The third kappa shape index (κ3) is 4.42. The smallest absolute Gasteiger partial charge is 0.194 e. The number of alkyl halides is 17. The van der Waals surface area contributed by atoms with Crippen LogP contribution in [0.4, 0.5) is 74.6 Å². The van der Waals surface area contributed by atoms with E-state index in [9.17, 15) is 74.6 Å². The van der Waals surface area contributed by atoms with Crippen molar-refractivity contribution in [3.63, 3.8) is 0 Å². The number of halogens is 17. The fourth-order valence-corrected chi connectivity index (χ4v) is 2.99. The van der Waals surface area contributed by atoms with Gasteiger partial charge in [0.05, 0.1) is 11.6 Å². The molecular weight excluding hydrogens is 589 g/mol. The van der Waals surface area contributed by atoms with E-state index in [-0.39, 0.29) is 28.8 Å². The highest BCUT2D eigenvalue weighted by Crippen LogP contribution is 2.65. The summed E-state index contributed by atoms with van der Waals surface area (Å²) in [7, 11) is 0. The second-order valence-corrected chi connectivity index (χ2v) is 7.79. The van der Waals surface area contributed by atoms with E-state index in [1.54, 1.807) is 6.07 Å². The zero-order chi connectivity index (χ0) is 30.7. The first-order valence-electron chi connectivity index (χ1n) is 9.58. The third-order valence-corrected chi connectivity index (χ3v) is 5.29. The topological polar surface area (TPSA) is 23.8 Å². The highest BCUT2D eigenvalue weighted by atomic mass is 19.4. The fraction of sp³-hybridized carbons (Fsp3) is 0.381. The predicted octanol–water partition coefficient (Wildman–Crippen LogP) is 8.69. The summed E-state index contributed by atoms with van der Waals surface area (Å²) in [4.78, 5) is 0. The lowest BCUT2D eigenvalue weighted by Crippen LogP contribution is -2.74. The van der Waals surface area contributed by atoms with Crippen molar-refractivity contribution in [1.29, 1.82) is 5.26 Å². The summed E-state index contributed by atoms with van der Waals surface area (Å²) in [5.74, 6) is -56.8. The second-order valence-electron chi connectivity index (χ2n) is 7.79. The quantitative estimate of drug-likeness (QED) is 0.280. The molecule has 0 unspecified atom stereocenters. The Bertz CT molecular complexity index is 1240. The molecule has 2 aromatic rings. The lowest BCUT2D eigenvalue weighted by Gasteiger charge is -2.42. The molecule has 0 atom stereocenters. The van der Waals surface area contributed by atoms with Gasteiger partial charge in [0.1, 0.15) is 0 Å². The average Bonchev–Trinajstić information content (AvgIpc) is 2.82. The highest BCUT2D eigenvalue weighted by Gasteiger charge is 2.95. The van der Waals surface area contributed by atoms with Gasteiger partial charge < -0.3 is 0 Å². The summed E-state index contributed by atoms with van der Waals surface area (Å²) < 4.78 is 228. The Balaban J connectivity index is 2.59. The van der Waals surface area contributed by atoms with E-state index >= 15 is 0 Å². The Morgan fingerprint density at radius 3 is 1.28 bits per heavy atom. The maximum atomic E-state index is 14.4. The molecule has 0 aliphatic rings. The van der Waals surface area contributed by atoms with E-state index < -0.39 is 53.2 Å². The SMILES string of the molecule is N#Cc1cccc(-c2ccc(C(F)(F)C(F)(F)C(F)(F)C(F)(F)C(F)(F)C(F)(F)C(F)(F)C(F)(F)F)cc2)c1. The molecule has 2 rings (SSSR count). The molecule has 0 spiro atoms. The van der Waals surface area contributed by atoms with Crippen molar-refractivity contribution in [3.8, 4) is 17.2 Å². The Kier molecular flexibility index (Phi) is 7.50. The monoisotopic (exact) mass is 597 g/mol. The molecule has 2 aromatic carbocycles. The van der Waals surface area contributed by atoms with Gasteiger partial charge >= 0.3 is 47.6 Å². The summed E-state index contributed by atoms with van der Waals surface area (Å²) in [6, 6.07) is 7.29. The molecule has 0 bridgehead atoms. The van der Waals surface area contributed by atoms with Crippen molar-refractivity contribution >= 4 is 0 Å². The molecule has 216 valence electrons. The molecule has 0 fully saturated rings. The highest BCUT2D eigenvalue weighted by molar-refractivity contribution is 5.65. The maximum absolute atomic E-state index is 14.4. The number of hydrogen-bond donors (Lipinski definition) is 0. The van der Waals surface area contributed by atoms with E-state index in [1.165, 1.54) is 18.2 Å². The minimum Gasteiger partial charge on any atom is -0.194 e. The van der Waals surface area contributed by atoms with E-state index in [4.69, 9.17) is 5.26 Å². The Labute approximate surface area is 205 Å². The first-order chi connectivity index (χ1) is 17.3. The molecule has 0 radical (unpaired) electrons. The van der Waals surface area contributed by atoms with Crippen LogP contribution in [0, 0.1) is 11.3 Å². The summed E-state index contributed by atoms with van der Waals surface area (Å²) in [5.41, 5.74) is -2.45. The standard InChI is InChI=1S/C21H8F17N/c22-14(23,13-6-4-11(5-7-13)12-3-1-2-10(8-12)9-39)15(24,25)16(26,27)17(28,29)18(30,31)19(32,33)20(34,35)21(36,37)38/h1-8H. The summed E-state index contributed by atoms with van der Waals surface area (Å²) in [6.07, 6.45) is -7.80. The molecule has 1 nitrogen and oxygen atoms in total. The molecule has 0 heterocycles. The zero-order valence-corrected chi connectivity index (χ0v) is 18.0. The van der Waals surface area contributed by atoms with Gasteiger partial charge in [0.2, 0.25) is 0 Å². The fourth-order valence-electron chi connectivity index (χ4n) is 2.99. The van der Waals surface area contributed by atoms with Crippen LogP contribution in [0.5, 0.6) is 0 Å². The molecule has 0 aliphatic heterocycles. The maximum Gasteiger partial charge on any atom is 0.460 e. The second kappa shape index (κ2) is 9.15. The van der Waals surface area contributed by atoms with Crippen molar-refractivity contribution in [3.05, 3.63) is 59.7 Å². The van der Waals surface area contributed by atoms with Crippen LogP contribution in [-0.4, -0.2) is 41.7 Å². The van der Waals surface area contributed by atoms with Crippen LogP contribution < -0.4 is 0 Å².